The van der Waals surface area contributed by atoms with Gasteiger partial charge in [-0.3, -0.25) is 0 Å². The molecule has 1 aliphatic heterocycles. The summed E-state index contributed by atoms with van der Waals surface area (Å²) in [5, 5.41) is 9.27. The molecule has 0 aromatic heterocycles. The number of rotatable bonds is 1. The molecule has 4 nitrogen and oxygen atoms in total. The van der Waals surface area contributed by atoms with Crippen LogP contribution in [0, 0.1) is 5.82 Å². The number of aliphatic imine (C=N–C) groups is 1. The summed E-state index contributed by atoms with van der Waals surface area (Å²) in [5.41, 5.74) is 1.01. The Morgan fingerprint density at radius 2 is 2.43 bits per heavy atom. The first-order chi connectivity index (χ1) is 6.72. The topological polar surface area (TPSA) is 58.9 Å². The minimum Gasteiger partial charge on any atom is -0.423 e. The molecule has 0 saturated heterocycles. The number of carbonyl (C=O) groups excluding carboxylic acids is 1. The monoisotopic (exact) mass is 193 g/mol. The Balaban J connectivity index is 2.62. The Morgan fingerprint density at radius 3 is 3.14 bits per heavy atom. The summed E-state index contributed by atoms with van der Waals surface area (Å²) in [7, 11) is -1.14. The van der Waals surface area contributed by atoms with Crippen molar-refractivity contribution in [3.63, 3.8) is 0 Å². The Kier molecular flexibility index (Phi) is 2.17. The molecule has 0 aliphatic carbocycles. The molecule has 0 atom stereocenters. The predicted molar refractivity (Wildman–Crippen MR) is 46.6 cm³/mol. The van der Waals surface area contributed by atoms with Crippen molar-refractivity contribution < 1.29 is 18.9 Å². The molecule has 1 N–H and O–H groups in total. The smallest absolute Gasteiger partial charge is 0.423 e. The quantitative estimate of drug-likeness (QED) is 0.388. The summed E-state index contributed by atoms with van der Waals surface area (Å²) >= 11 is 0. The van der Waals surface area contributed by atoms with Gasteiger partial charge < -0.3 is 9.68 Å². The highest BCUT2D eigenvalue weighted by molar-refractivity contribution is 6.61. The molecule has 0 radical (unpaired) electrons. The first-order valence-corrected chi connectivity index (χ1v) is 3.92. The van der Waals surface area contributed by atoms with E-state index in [1.807, 2.05) is 0 Å². The van der Waals surface area contributed by atoms with Crippen molar-refractivity contribution in [2.75, 3.05) is 0 Å². The van der Waals surface area contributed by atoms with E-state index in [2.05, 4.69) is 4.99 Å². The normalized spacial score (nSPS) is 13.7. The van der Waals surface area contributed by atoms with Gasteiger partial charge >= 0.3 is 7.12 Å². The third kappa shape index (κ3) is 1.35. The lowest BCUT2D eigenvalue weighted by Crippen LogP contribution is -2.28. The lowest BCUT2D eigenvalue weighted by atomic mass is 9.79. The van der Waals surface area contributed by atoms with Crippen LogP contribution in [0.3, 0.4) is 0 Å². The largest absolute Gasteiger partial charge is 0.491 e. The maximum absolute atomic E-state index is 13.0. The summed E-state index contributed by atoms with van der Waals surface area (Å²) < 4.78 is 17.8. The number of nitrogens with zero attached hydrogens (tertiary/aromatic N) is 1. The molecule has 2 rings (SSSR count). The molecule has 0 saturated carbocycles. The predicted octanol–water partition coefficient (Wildman–Crippen LogP) is 0.0107. The average molecular weight is 193 g/mol. The van der Waals surface area contributed by atoms with Gasteiger partial charge in [0.15, 0.2) is 0 Å². The maximum atomic E-state index is 13.0. The second-order valence-corrected chi connectivity index (χ2v) is 2.86. The number of hydrogen-bond acceptors (Lipinski definition) is 4. The average Bonchev–Trinajstić information content (AvgIpc) is 2.49. The molecule has 70 valence electrons. The molecule has 6 heteroatoms. The minimum atomic E-state index is -1.14. The van der Waals surface area contributed by atoms with Crippen molar-refractivity contribution >= 4 is 24.3 Å². The molecule has 0 fully saturated rings. The molecule has 0 unspecified atom stereocenters. The van der Waals surface area contributed by atoms with Gasteiger partial charge in [-0.1, -0.05) is 0 Å². The Labute approximate surface area is 79.2 Å². The van der Waals surface area contributed by atoms with Gasteiger partial charge in [0.1, 0.15) is 5.82 Å². The highest BCUT2D eigenvalue weighted by Crippen LogP contribution is 2.23. The number of benzene rings is 1. The van der Waals surface area contributed by atoms with Crippen molar-refractivity contribution in [1.82, 2.24) is 0 Å². The number of isocyanates is 1. The lowest BCUT2D eigenvalue weighted by Gasteiger charge is -2.00. The first kappa shape index (κ1) is 9.08. The van der Waals surface area contributed by atoms with E-state index in [-0.39, 0.29) is 12.3 Å². The van der Waals surface area contributed by atoms with Crippen LogP contribution in [0.4, 0.5) is 10.1 Å². The minimum absolute atomic E-state index is 0.122. The molecule has 14 heavy (non-hydrogen) atoms. The van der Waals surface area contributed by atoms with Gasteiger partial charge in [-0.25, -0.2) is 9.18 Å². The lowest BCUT2D eigenvalue weighted by molar-refractivity contribution is 0.275. The number of halogens is 1. The molecule has 1 aromatic rings. The highest BCUT2D eigenvalue weighted by atomic mass is 19.1. The van der Waals surface area contributed by atoms with Crippen LogP contribution in [0.1, 0.15) is 5.56 Å². The summed E-state index contributed by atoms with van der Waals surface area (Å²) in [5.74, 6) is -0.567. The fraction of sp³-hybridized carbons (Fsp3) is 0.125. The van der Waals surface area contributed by atoms with E-state index in [0.717, 1.165) is 12.1 Å². The van der Waals surface area contributed by atoms with E-state index in [9.17, 15) is 14.2 Å². The molecular weight excluding hydrogens is 188 g/mol. The molecule has 1 heterocycles. The molecule has 1 aliphatic rings. The van der Waals surface area contributed by atoms with Crippen LogP contribution in [0.15, 0.2) is 17.1 Å². The van der Waals surface area contributed by atoms with Gasteiger partial charge in [0.2, 0.25) is 6.08 Å². The first-order valence-electron chi connectivity index (χ1n) is 3.92. The number of fused-ring (bicyclic) bond motifs is 1. The van der Waals surface area contributed by atoms with Crippen LogP contribution in [-0.2, 0) is 16.1 Å². The third-order valence-electron chi connectivity index (χ3n) is 2.04. The van der Waals surface area contributed by atoms with E-state index in [1.165, 1.54) is 6.08 Å². The Morgan fingerprint density at radius 1 is 1.64 bits per heavy atom. The van der Waals surface area contributed by atoms with Crippen molar-refractivity contribution in [2.45, 2.75) is 6.61 Å². The van der Waals surface area contributed by atoms with Gasteiger partial charge in [-0.05, 0) is 11.5 Å². The molecular formula is C8H5BFNO3. The Bertz CT molecular complexity index is 431. The van der Waals surface area contributed by atoms with E-state index in [1.54, 1.807) is 0 Å². The van der Waals surface area contributed by atoms with Crippen LogP contribution in [0.2, 0.25) is 0 Å². The van der Waals surface area contributed by atoms with Gasteiger partial charge in [0.05, 0.1) is 12.3 Å². The van der Waals surface area contributed by atoms with Crippen LogP contribution >= 0.6 is 0 Å². The van der Waals surface area contributed by atoms with Gasteiger partial charge in [0, 0.05) is 11.6 Å². The third-order valence-corrected chi connectivity index (χ3v) is 2.04. The fourth-order valence-corrected chi connectivity index (χ4v) is 1.42. The summed E-state index contributed by atoms with van der Waals surface area (Å²) in [6.07, 6.45) is 1.33. The molecule has 0 spiro atoms. The summed E-state index contributed by atoms with van der Waals surface area (Å²) in [6, 6.07) is 2.27. The second kappa shape index (κ2) is 3.34. The summed E-state index contributed by atoms with van der Waals surface area (Å²) in [6.45, 7) is 0.122. The maximum Gasteiger partial charge on any atom is 0.491 e. The fourth-order valence-electron chi connectivity index (χ4n) is 1.42. The van der Waals surface area contributed by atoms with Crippen molar-refractivity contribution in [3.8, 4) is 0 Å². The van der Waals surface area contributed by atoms with Crippen LogP contribution < -0.4 is 5.46 Å². The highest BCUT2D eigenvalue weighted by Gasteiger charge is 2.30. The standard InChI is InChI=1S/C8H5BFNO3/c10-5-1-7-6(3-14-9(7)13)8(2-5)11-4-12/h1-2,13H,3H2. The van der Waals surface area contributed by atoms with Gasteiger partial charge in [-0.15, -0.1) is 0 Å². The number of hydrogen-bond donors (Lipinski definition) is 1. The van der Waals surface area contributed by atoms with Gasteiger partial charge in [-0.2, -0.15) is 4.99 Å². The van der Waals surface area contributed by atoms with E-state index in [4.69, 9.17) is 4.65 Å². The Hall–Kier alpha value is -1.49. The zero-order chi connectivity index (χ0) is 10.1. The molecule has 1 aromatic carbocycles. The molecule has 0 bridgehead atoms. The van der Waals surface area contributed by atoms with Crippen LogP contribution in [0.25, 0.3) is 0 Å². The van der Waals surface area contributed by atoms with Crippen LogP contribution in [-0.4, -0.2) is 18.2 Å². The molecule has 0 amide bonds. The van der Waals surface area contributed by atoms with Gasteiger partial charge in [0.25, 0.3) is 0 Å². The van der Waals surface area contributed by atoms with Crippen LogP contribution in [0.5, 0.6) is 0 Å². The van der Waals surface area contributed by atoms with Crippen molar-refractivity contribution in [1.29, 1.82) is 0 Å². The zero-order valence-electron chi connectivity index (χ0n) is 7.03. The SMILES string of the molecule is O=C=Nc1cc(F)cc2c1COB2O. The van der Waals surface area contributed by atoms with Crippen molar-refractivity contribution in [3.05, 3.63) is 23.5 Å². The zero-order valence-corrected chi connectivity index (χ0v) is 7.03. The van der Waals surface area contributed by atoms with E-state index < -0.39 is 12.9 Å². The van der Waals surface area contributed by atoms with E-state index in [0.29, 0.717) is 11.0 Å². The second-order valence-electron chi connectivity index (χ2n) is 2.86. The summed E-state index contributed by atoms with van der Waals surface area (Å²) in [4.78, 5) is 13.4. The van der Waals surface area contributed by atoms with E-state index >= 15 is 0 Å². The van der Waals surface area contributed by atoms with Crippen molar-refractivity contribution in [2.24, 2.45) is 4.99 Å².